The van der Waals surface area contributed by atoms with Crippen LogP contribution in [-0.2, 0) is 20.7 Å². The van der Waals surface area contributed by atoms with E-state index in [4.69, 9.17) is 4.74 Å². The molecular weight excluding hydrogens is 206 g/mol. The van der Waals surface area contributed by atoms with Crippen LogP contribution in [0.4, 0.5) is 5.69 Å². The molecule has 0 spiro atoms. The first-order valence-corrected chi connectivity index (χ1v) is 5.08. The first-order chi connectivity index (χ1) is 7.58. The molecule has 0 atom stereocenters. The molecule has 0 radical (unpaired) electrons. The first-order valence-electron chi connectivity index (χ1n) is 5.08. The lowest BCUT2D eigenvalue weighted by Crippen LogP contribution is -2.06. The van der Waals surface area contributed by atoms with Gasteiger partial charge < -0.3 is 10.1 Å². The monoisotopic (exact) mass is 221 g/mol. The minimum absolute atomic E-state index is 0.0901. The number of amides is 1. The molecule has 0 fully saturated rings. The summed E-state index contributed by atoms with van der Waals surface area (Å²) in [5, 5.41) is 2.68. The summed E-state index contributed by atoms with van der Waals surface area (Å²) in [7, 11) is 0. The number of carbonyl (C=O) groups is 2. The highest BCUT2D eigenvalue weighted by Crippen LogP contribution is 2.09. The van der Waals surface area contributed by atoms with Crippen LogP contribution >= 0.6 is 0 Å². The molecule has 1 rings (SSSR count). The van der Waals surface area contributed by atoms with Crippen LogP contribution in [-0.4, -0.2) is 18.5 Å². The molecule has 0 aliphatic carbocycles. The number of hydrogen-bond donors (Lipinski definition) is 1. The molecule has 0 heterocycles. The fourth-order valence-electron chi connectivity index (χ4n) is 1.27. The van der Waals surface area contributed by atoms with Crippen LogP contribution < -0.4 is 5.32 Å². The summed E-state index contributed by atoms with van der Waals surface area (Å²) >= 11 is 0. The Bertz CT molecular complexity index is 370. The number of nitrogens with one attached hydrogen (secondary N) is 1. The van der Waals surface area contributed by atoms with Crippen LogP contribution in [0.2, 0.25) is 0 Å². The average molecular weight is 221 g/mol. The summed E-state index contributed by atoms with van der Waals surface area (Å²) in [5.41, 5.74) is 1.83. The molecule has 4 nitrogen and oxygen atoms in total. The minimum Gasteiger partial charge on any atom is -0.466 e. The normalized spacial score (nSPS) is 9.62. The first kappa shape index (κ1) is 12.2. The van der Waals surface area contributed by atoms with E-state index >= 15 is 0 Å². The van der Waals surface area contributed by atoms with E-state index in [0.717, 1.165) is 11.3 Å². The van der Waals surface area contributed by atoms with E-state index in [1.54, 1.807) is 0 Å². The average Bonchev–Trinajstić information content (AvgIpc) is 2.19. The second-order valence-electron chi connectivity index (χ2n) is 3.47. The van der Waals surface area contributed by atoms with Crippen molar-refractivity contribution in [3.63, 3.8) is 0 Å². The minimum atomic E-state index is -0.269. The van der Waals surface area contributed by atoms with Gasteiger partial charge in [0.2, 0.25) is 5.91 Å². The fourth-order valence-corrected chi connectivity index (χ4v) is 1.27. The van der Waals surface area contributed by atoms with Crippen molar-refractivity contribution in [1.29, 1.82) is 0 Å². The van der Waals surface area contributed by atoms with E-state index < -0.39 is 0 Å². The molecule has 4 heteroatoms. The van der Waals surface area contributed by atoms with Crippen LogP contribution in [0.25, 0.3) is 0 Å². The molecule has 1 N–H and O–H groups in total. The molecule has 1 amide bonds. The predicted molar refractivity (Wildman–Crippen MR) is 61.1 cm³/mol. The third-order valence-corrected chi connectivity index (χ3v) is 1.97. The summed E-state index contributed by atoms with van der Waals surface area (Å²) in [4.78, 5) is 21.3. The molecular formula is C12H15NO3. The van der Waals surface area contributed by atoms with Crippen molar-refractivity contribution in [1.82, 2.24) is 0 Å². The van der Waals surface area contributed by atoms with E-state index in [2.05, 4.69) is 5.32 Å². The predicted octanol–water partition coefficient (Wildman–Crippen LogP) is 1.75. The summed E-state index contributed by atoms with van der Waals surface area (Å²) in [6.07, 6.45) is 0.680. The van der Waals surface area contributed by atoms with Gasteiger partial charge in [-0.3, -0.25) is 9.59 Å². The van der Waals surface area contributed by atoms with Gasteiger partial charge in [0.15, 0.2) is 0 Å². The summed E-state index contributed by atoms with van der Waals surface area (Å²) in [6.45, 7) is 3.24. The summed E-state index contributed by atoms with van der Waals surface area (Å²) in [6, 6.07) is 7.44. The van der Waals surface area contributed by atoms with Crippen molar-refractivity contribution >= 4 is 17.6 Å². The van der Waals surface area contributed by atoms with Gasteiger partial charge in [0, 0.05) is 26.0 Å². The Morgan fingerprint density at radius 3 is 2.31 bits per heavy atom. The van der Waals surface area contributed by atoms with Crippen LogP contribution in [0.1, 0.15) is 19.4 Å². The lowest BCUT2D eigenvalue weighted by molar-refractivity contribution is -0.140. The third-order valence-electron chi connectivity index (χ3n) is 1.97. The van der Waals surface area contributed by atoms with Crippen molar-refractivity contribution in [2.24, 2.45) is 0 Å². The van der Waals surface area contributed by atoms with Crippen LogP contribution in [0.15, 0.2) is 24.3 Å². The van der Waals surface area contributed by atoms with Gasteiger partial charge in [0.1, 0.15) is 0 Å². The Morgan fingerprint density at radius 1 is 1.19 bits per heavy atom. The molecule has 0 aromatic heterocycles. The SMILES string of the molecule is CC(=O)Nc1ccc(CCOC(C)=O)cc1. The van der Waals surface area contributed by atoms with E-state index in [0.29, 0.717) is 13.0 Å². The van der Waals surface area contributed by atoms with Gasteiger partial charge in [-0.2, -0.15) is 0 Å². The molecule has 86 valence electrons. The Kier molecular flexibility index (Phi) is 4.51. The summed E-state index contributed by atoms with van der Waals surface area (Å²) in [5.74, 6) is -0.359. The largest absolute Gasteiger partial charge is 0.466 e. The molecule has 0 saturated heterocycles. The quantitative estimate of drug-likeness (QED) is 0.788. The third kappa shape index (κ3) is 4.59. The number of carbonyl (C=O) groups excluding carboxylic acids is 2. The van der Waals surface area contributed by atoms with Gasteiger partial charge in [-0.05, 0) is 17.7 Å². The van der Waals surface area contributed by atoms with Gasteiger partial charge in [-0.1, -0.05) is 12.1 Å². The Labute approximate surface area is 94.6 Å². The van der Waals surface area contributed by atoms with E-state index in [-0.39, 0.29) is 11.9 Å². The van der Waals surface area contributed by atoms with Crippen molar-refractivity contribution in [2.75, 3.05) is 11.9 Å². The maximum Gasteiger partial charge on any atom is 0.302 e. The topological polar surface area (TPSA) is 55.4 Å². The number of anilines is 1. The van der Waals surface area contributed by atoms with Crippen molar-refractivity contribution in [3.05, 3.63) is 29.8 Å². The number of benzene rings is 1. The summed E-state index contributed by atoms with van der Waals surface area (Å²) < 4.78 is 4.83. The fraction of sp³-hybridized carbons (Fsp3) is 0.333. The van der Waals surface area contributed by atoms with E-state index in [1.807, 2.05) is 24.3 Å². The van der Waals surface area contributed by atoms with Crippen LogP contribution in [0, 0.1) is 0 Å². The standard InChI is InChI=1S/C12H15NO3/c1-9(14)13-12-5-3-11(4-6-12)7-8-16-10(2)15/h3-6H,7-8H2,1-2H3,(H,13,14). The van der Waals surface area contributed by atoms with Crippen molar-refractivity contribution in [2.45, 2.75) is 20.3 Å². The zero-order valence-electron chi connectivity index (χ0n) is 9.45. The second kappa shape index (κ2) is 5.90. The van der Waals surface area contributed by atoms with Gasteiger partial charge in [0.05, 0.1) is 6.61 Å². The molecule has 1 aromatic carbocycles. The zero-order chi connectivity index (χ0) is 12.0. The Hall–Kier alpha value is -1.84. The van der Waals surface area contributed by atoms with Crippen molar-refractivity contribution in [3.8, 4) is 0 Å². The lowest BCUT2D eigenvalue weighted by Gasteiger charge is -2.04. The molecule has 0 aliphatic rings. The van der Waals surface area contributed by atoms with Gasteiger partial charge in [-0.25, -0.2) is 0 Å². The Morgan fingerprint density at radius 2 is 1.81 bits per heavy atom. The van der Waals surface area contributed by atoms with Gasteiger partial charge in [0.25, 0.3) is 0 Å². The number of ether oxygens (including phenoxy) is 1. The highest BCUT2D eigenvalue weighted by molar-refractivity contribution is 5.88. The molecule has 0 saturated carbocycles. The molecule has 1 aromatic rings. The van der Waals surface area contributed by atoms with Crippen molar-refractivity contribution < 1.29 is 14.3 Å². The second-order valence-corrected chi connectivity index (χ2v) is 3.47. The molecule has 16 heavy (non-hydrogen) atoms. The number of rotatable bonds is 4. The van der Waals surface area contributed by atoms with Gasteiger partial charge in [-0.15, -0.1) is 0 Å². The highest BCUT2D eigenvalue weighted by Gasteiger charge is 1.98. The number of hydrogen-bond acceptors (Lipinski definition) is 3. The Balaban J connectivity index is 2.45. The van der Waals surface area contributed by atoms with Crippen LogP contribution in [0.3, 0.4) is 0 Å². The lowest BCUT2D eigenvalue weighted by atomic mass is 10.1. The highest BCUT2D eigenvalue weighted by atomic mass is 16.5. The number of esters is 1. The van der Waals surface area contributed by atoms with E-state index in [1.165, 1.54) is 13.8 Å². The zero-order valence-corrected chi connectivity index (χ0v) is 9.45. The molecule has 0 aliphatic heterocycles. The maximum absolute atomic E-state index is 10.8. The maximum atomic E-state index is 10.8. The van der Waals surface area contributed by atoms with Crippen LogP contribution in [0.5, 0.6) is 0 Å². The molecule has 0 unspecified atom stereocenters. The smallest absolute Gasteiger partial charge is 0.302 e. The van der Waals surface area contributed by atoms with E-state index in [9.17, 15) is 9.59 Å². The molecule has 0 bridgehead atoms. The van der Waals surface area contributed by atoms with Gasteiger partial charge >= 0.3 is 5.97 Å².